The number of rotatable bonds is 7. The molecule has 0 spiro atoms. The number of carbonyl (C=O) groups excluding carboxylic acids is 1. The SMILES string of the molecule is CCCCN1CCN(SI)CC1(CC(=O)OCC)C(F)(F)F. The minimum absolute atomic E-state index is 0.0898. The second-order valence-electron chi connectivity index (χ2n) is 5.28. The Morgan fingerprint density at radius 1 is 1.36 bits per heavy atom. The average Bonchev–Trinajstić information content (AvgIpc) is 2.44. The molecule has 0 saturated carbocycles. The van der Waals surface area contributed by atoms with E-state index in [9.17, 15) is 18.0 Å². The fourth-order valence-electron chi connectivity index (χ4n) is 2.64. The van der Waals surface area contributed by atoms with Crippen LogP contribution in [0.4, 0.5) is 13.2 Å². The van der Waals surface area contributed by atoms with Gasteiger partial charge in [-0.1, -0.05) is 13.3 Å². The van der Waals surface area contributed by atoms with Crippen LogP contribution in [-0.4, -0.2) is 59.7 Å². The molecule has 0 aromatic carbocycles. The van der Waals surface area contributed by atoms with E-state index >= 15 is 0 Å². The largest absolute Gasteiger partial charge is 0.466 e. The lowest BCUT2D eigenvalue weighted by Gasteiger charge is -2.50. The summed E-state index contributed by atoms with van der Waals surface area (Å²) in [6.07, 6.45) is -3.65. The lowest BCUT2D eigenvalue weighted by molar-refractivity contribution is -0.246. The molecule has 4 nitrogen and oxygen atoms in total. The molecule has 1 rings (SSSR count). The molecule has 22 heavy (non-hydrogen) atoms. The zero-order chi connectivity index (χ0) is 16.8. The predicted octanol–water partition coefficient (Wildman–Crippen LogP) is 3.66. The Hall–Kier alpha value is 0.260. The van der Waals surface area contributed by atoms with Gasteiger partial charge in [0.25, 0.3) is 0 Å². The summed E-state index contributed by atoms with van der Waals surface area (Å²) in [7, 11) is 1.26. The summed E-state index contributed by atoms with van der Waals surface area (Å²) in [4.78, 5) is 13.2. The van der Waals surface area contributed by atoms with Gasteiger partial charge in [0.1, 0.15) is 5.54 Å². The monoisotopic (exact) mass is 454 g/mol. The molecular formula is C13H22F3IN2O2S. The van der Waals surface area contributed by atoms with Gasteiger partial charge in [0.15, 0.2) is 0 Å². The molecule has 1 aliphatic rings. The van der Waals surface area contributed by atoms with Gasteiger partial charge >= 0.3 is 12.1 Å². The number of nitrogens with zero attached hydrogens (tertiary/aromatic N) is 2. The summed E-state index contributed by atoms with van der Waals surface area (Å²) in [5.41, 5.74) is -2.16. The maximum Gasteiger partial charge on any atom is 0.408 e. The minimum atomic E-state index is -4.49. The van der Waals surface area contributed by atoms with Crippen LogP contribution in [0.1, 0.15) is 33.1 Å². The van der Waals surface area contributed by atoms with Gasteiger partial charge in [-0.15, -0.1) is 0 Å². The van der Waals surface area contributed by atoms with E-state index in [1.165, 1.54) is 14.0 Å². The maximum atomic E-state index is 13.9. The molecule has 1 fully saturated rings. The first-order valence-electron chi connectivity index (χ1n) is 7.31. The molecule has 0 aromatic heterocycles. The first-order valence-corrected chi connectivity index (χ1v) is 10.6. The molecule has 1 atom stereocenters. The van der Waals surface area contributed by atoms with E-state index in [2.05, 4.69) is 0 Å². The van der Waals surface area contributed by atoms with Crippen LogP contribution in [0.15, 0.2) is 0 Å². The highest BCUT2D eigenvalue weighted by atomic mass is 127. The normalized spacial score (nSPS) is 24.5. The number of carbonyl (C=O) groups is 1. The van der Waals surface area contributed by atoms with Crippen molar-refractivity contribution in [3.63, 3.8) is 0 Å². The Labute approximate surface area is 145 Å². The molecular weight excluding hydrogens is 432 g/mol. The second-order valence-corrected chi connectivity index (χ2v) is 7.12. The van der Waals surface area contributed by atoms with Gasteiger partial charge in [0.05, 0.1) is 13.0 Å². The Morgan fingerprint density at radius 2 is 2.05 bits per heavy atom. The van der Waals surface area contributed by atoms with Crippen LogP contribution in [0.25, 0.3) is 0 Å². The summed E-state index contributed by atoms with van der Waals surface area (Å²) in [6, 6.07) is 0. The molecule has 9 heteroatoms. The highest BCUT2D eigenvalue weighted by molar-refractivity contribution is 14.2. The van der Waals surface area contributed by atoms with Crippen LogP contribution >= 0.6 is 30.3 Å². The quantitative estimate of drug-likeness (QED) is 0.333. The fourth-order valence-corrected chi connectivity index (χ4v) is 4.06. The molecule has 0 radical (unpaired) electrons. The maximum absolute atomic E-state index is 13.9. The van der Waals surface area contributed by atoms with E-state index in [0.717, 1.165) is 6.42 Å². The minimum Gasteiger partial charge on any atom is -0.466 e. The molecule has 0 N–H and O–H groups in total. The third-order valence-electron chi connectivity index (χ3n) is 3.81. The van der Waals surface area contributed by atoms with Gasteiger partial charge in [-0.3, -0.25) is 9.69 Å². The van der Waals surface area contributed by atoms with Crippen molar-refractivity contribution in [2.45, 2.75) is 44.8 Å². The summed E-state index contributed by atoms with van der Waals surface area (Å²) in [6.45, 7) is 4.61. The lowest BCUT2D eigenvalue weighted by atomic mass is 9.89. The van der Waals surface area contributed by atoms with E-state index in [4.69, 9.17) is 4.74 Å². The Bertz CT molecular complexity index is 374. The summed E-state index contributed by atoms with van der Waals surface area (Å²) in [5, 5.41) is 0. The summed E-state index contributed by atoms with van der Waals surface area (Å²) < 4.78 is 48.1. The van der Waals surface area contributed by atoms with Crippen molar-refractivity contribution < 1.29 is 22.7 Å². The highest BCUT2D eigenvalue weighted by Crippen LogP contribution is 2.43. The zero-order valence-electron chi connectivity index (χ0n) is 12.8. The Kier molecular flexibility index (Phi) is 8.24. The van der Waals surface area contributed by atoms with Crippen LogP contribution in [0, 0.1) is 0 Å². The highest BCUT2D eigenvalue weighted by Gasteiger charge is 2.61. The van der Waals surface area contributed by atoms with Crippen molar-refractivity contribution in [3.8, 4) is 0 Å². The van der Waals surface area contributed by atoms with Crippen molar-refractivity contribution in [2.24, 2.45) is 0 Å². The first kappa shape index (κ1) is 20.3. The van der Waals surface area contributed by atoms with Gasteiger partial charge < -0.3 is 4.74 Å². The van der Waals surface area contributed by atoms with Crippen LogP contribution < -0.4 is 0 Å². The number of piperazine rings is 1. The van der Waals surface area contributed by atoms with Crippen LogP contribution in [0.3, 0.4) is 0 Å². The van der Waals surface area contributed by atoms with Gasteiger partial charge in [-0.05, 0) is 29.0 Å². The van der Waals surface area contributed by atoms with E-state index < -0.39 is 24.1 Å². The van der Waals surface area contributed by atoms with Crippen LogP contribution in [-0.2, 0) is 9.53 Å². The Morgan fingerprint density at radius 3 is 2.55 bits per heavy atom. The fraction of sp³-hybridized carbons (Fsp3) is 0.923. The molecule has 0 bridgehead atoms. The van der Waals surface area contributed by atoms with Crippen molar-refractivity contribution >= 4 is 36.3 Å². The molecule has 1 unspecified atom stereocenters. The van der Waals surface area contributed by atoms with E-state index in [-0.39, 0.29) is 13.2 Å². The third kappa shape index (κ3) is 4.88. The second kappa shape index (κ2) is 8.93. The number of alkyl halides is 3. The molecule has 1 saturated heterocycles. The molecule has 0 aromatic rings. The third-order valence-corrected chi connectivity index (χ3v) is 5.99. The van der Waals surface area contributed by atoms with Gasteiger partial charge in [-0.25, -0.2) is 4.31 Å². The van der Waals surface area contributed by atoms with Crippen LogP contribution in [0.5, 0.6) is 0 Å². The molecule has 0 aliphatic carbocycles. The summed E-state index contributed by atoms with van der Waals surface area (Å²) >= 11 is 1.98. The number of unbranched alkanes of at least 4 members (excludes halogenated alkanes) is 1. The van der Waals surface area contributed by atoms with E-state index in [1.807, 2.05) is 28.1 Å². The first-order chi connectivity index (χ1) is 10.3. The van der Waals surface area contributed by atoms with Crippen molar-refractivity contribution in [1.29, 1.82) is 0 Å². The van der Waals surface area contributed by atoms with Crippen molar-refractivity contribution in [2.75, 3.05) is 32.8 Å². The number of ether oxygens (including phenoxy) is 1. The predicted molar refractivity (Wildman–Crippen MR) is 89.7 cm³/mol. The smallest absolute Gasteiger partial charge is 0.408 e. The number of halogens is 4. The van der Waals surface area contributed by atoms with Gasteiger partial charge in [0, 0.05) is 40.8 Å². The lowest BCUT2D eigenvalue weighted by Crippen LogP contribution is -2.68. The Balaban J connectivity index is 3.09. The zero-order valence-corrected chi connectivity index (χ0v) is 15.8. The average molecular weight is 454 g/mol. The number of esters is 1. The van der Waals surface area contributed by atoms with E-state index in [1.54, 1.807) is 11.2 Å². The summed E-state index contributed by atoms with van der Waals surface area (Å²) in [5.74, 6) is -0.790. The number of hydrogen-bond acceptors (Lipinski definition) is 5. The standard InChI is InChI=1S/C13H22F3IN2O2S/c1-3-5-6-18-7-8-19(22-17)10-12(18,13(14,15)16)9-11(20)21-4-2/h3-10H2,1-2H3. The van der Waals surface area contributed by atoms with Crippen LogP contribution in [0.2, 0.25) is 0 Å². The molecule has 130 valence electrons. The molecule has 1 aliphatic heterocycles. The molecule has 1 heterocycles. The van der Waals surface area contributed by atoms with Gasteiger partial charge in [0.2, 0.25) is 0 Å². The van der Waals surface area contributed by atoms with Gasteiger partial charge in [-0.2, -0.15) is 13.2 Å². The topological polar surface area (TPSA) is 32.8 Å². The molecule has 0 amide bonds. The van der Waals surface area contributed by atoms with Crippen molar-refractivity contribution in [3.05, 3.63) is 0 Å². The van der Waals surface area contributed by atoms with Crippen molar-refractivity contribution in [1.82, 2.24) is 9.21 Å². The number of hydrogen-bond donors (Lipinski definition) is 0. The van der Waals surface area contributed by atoms with E-state index in [0.29, 0.717) is 26.1 Å².